The van der Waals surface area contributed by atoms with Crippen LogP contribution in [0, 0.1) is 0 Å². The third-order valence-electron chi connectivity index (χ3n) is 3.58. The number of nitrogens with one attached hydrogen (secondary N) is 1. The van der Waals surface area contributed by atoms with E-state index in [1.807, 2.05) is 26.1 Å². The van der Waals surface area contributed by atoms with E-state index in [9.17, 15) is 4.79 Å². The van der Waals surface area contributed by atoms with Crippen LogP contribution in [0.2, 0.25) is 0 Å². The lowest BCUT2D eigenvalue weighted by Crippen LogP contribution is -2.23. The second kappa shape index (κ2) is 8.55. The average Bonchev–Trinajstić information content (AvgIpc) is 2.87. The van der Waals surface area contributed by atoms with Crippen molar-refractivity contribution in [1.82, 2.24) is 15.1 Å². The SMILES string of the molecule is CCc1nn(C)c(OC)c1CNC(=O)c1ccc(CN)cc1.Cl. The molecule has 23 heavy (non-hydrogen) atoms. The molecule has 1 amide bonds. The molecule has 0 unspecified atom stereocenters. The number of aromatic nitrogens is 2. The summed E-state index contributed by atoms with van der Waals surface area (Å²) in [4.78, 5) is 12.2. The Balaban J connectivity index is 0.00000264. The first-order valence-corrected chi connectivity index (χ1v) is 7.26. The van der Waals surface area contributed by atoms with E-state index in [4.69, 9.17) is 10.5 Å². The summed E-state index contributed by atoms with van der Waals surface area (Å²) in [6.45, 7) is 2.88. The molecule has 0 saturated carbocycles. The Hall–Kier alpha value is -2.05. The van der Waals surface area contributed by atoms with Gasteiger partial charge >= 0.3 is 0 Å². The van der Waals surface area contributed by atoms with Crippen molar-refractivity contribution in [3.63, 3.8) is 0 Å². The second-order valence-corrected chi connectivity index (χ2v) is 5.00. The summed E-state index contributed by atoms with van der Waals surface area (Å²) in [6, 6.07) is 7.27. The monoisotopic (exact) mass is 338 g/mol. The molecule has 2 aromatic rings. The van der Waals surface area contributed by atoms with E-state index in [0.29, 0.717) is 24.5 Å². The smallest absolute Gasteiger partial charge is 0.251 e. The van der Waals surface area contributed by atoms with E-state index < -0.39 is 0 Å². The van der Waals surface area contributed by atoms with Gasteiger partial charge in [0.05, 0.1) is 24.9 Å². The van der Waals surface area contributed by atoms with Gasteiger partial charge in [-0.25, -0.2) is 4.68 Å². The number of aryl methyl sites for hydroxylation is 2. The first kappa shape index (κ1) is 19.0. The number of hydrogen-bond donors (Lipinski definition) is 2. The van der Waals surface area contributed by atoms with Gasteiger partial charge in [0.2, 0.25) is 5.88 Å². The molecular formula is C16H23ClN4O2. The van der Waals surface area contributed by atoms with Crippen LogP contribution in [0.1, 0.15) is 34.1 Å². The van der Waals surface area contributed by atoms with E-state index in [-0.39, 0.29) is 18.3 Å². The van der Waals surface area contributed by atoms with Gasteiger partial charge in [-0.3, -0.25) is 4.79 Å². The molecule has 126 valence electrons. The number of rotatable bonds is 6. The third kappa shape index (κ3) is 4.24. The van der Waals surface area contributed by atoms with Crippen molar-refractivity contribution in [3.05, 3.63) is 46.6 Å². The van der Waals surface area contributed by atoms with Crippen molar-refractivity contribution in [1.29, 1.82) is 0 Å². The second-order valence-electron chi connectivity index (χ2n) is 5.00. The highest BCUT2D eigenvalue weighted by Crippen LogP contribution is 2.21. The van der Waals surface area contributed by atoms with Gasteiger partial charge in [0.1, 0.15) is 0 Å². The minimum atomic E-state index is -0.128. The van der Waals surface area contributed by atoms with Crippen LogP contribution in [0.5, 0.6) is 5.88 Å². The van der Waals surface area contributed by atoms with Gasteiger partial charge in [-0.05, 0) is 24.1 Å². The zero-order valence-electron chi connectivity index (χ0n) is 13.6. The first-order valence-electron chi connectivity index (χ1n) is 7.26. The molecule has 0 bridgehead atoms. The van der Waals surface area contributed by atoms with Gasteiger partial charge in [0.15, 0.2) is 0 Å². The fourth-order valence-electron chi connectivity index (χ4n) is 2.39. The number of halogens is 1. The third-order valence-corrected chi connectivity index (χ3v) is 3.58. The van der Waals surface area contributed by atoms with Crippen molar-refractivity contribution < 1.29 is 9.53 Å². The quantitative estimate of drug-likeness (QED) is 0.841. The molecule has 0 radical (unpaired) electrons. The summed E-state index contributed by atoms with van der Waals surface area (Å²) in [5.74, 6) is 0.548. The molecule has 1 heterocycles. The maximum absolute atomic E-state index is 12.2. The number of amides is 1. The summed E-state index contributed by atoms with van der Waals surface area (Å²) in [6.07, 6.45) is 0.785. The van der Waals surface area contributed by atoms with Gasteiger partial charge in [0, 0.05) is 19.2 Å². The number of hydrogen-bond acceptors (Lipinski definition) is 4. The van der Waals surface area contributed by atoms with Crippen molar-refractivity contribution >= 4 is 18.3 Å². The molecule has 0 aliphatic carbocycles. The number of methoxy groups -OCH3 is 1. The van der Waals surface area contributed by atoms with Crippen LogP contribution in [0.4, 0.5) is 0 Å². The van der Waals surface area contributed by atoms with E-state index in [1.54, 1.807) is 23.9 Å². The Morgan fingerprint density at radius 1 is 1.35 bits per heavy atom. The van der Waals surface area contributed by atoms with Crippen LogP contribution in [0.25, 0.3) is 0 Å². The standard InChI is InChI=1S/C16H22N4O2.ClH/c1-4-14-13(16(22-3)20(2)19-14)10-18-15(21)12-7-5-11(9-17)6-8-12;/h5-8H,4,9-10,17H2,1-3H3,(H,18,21);1H. The van der Waals surface area contributed by atoms with E-state index >= 15 is 0 Å². The Kier molecular flexibility index (Phi) is 7.06. The highest BCUT2D eigenvalue weighted by Gasteiger charge is 2.16. The number of carbonyl (C=O) groups excluding carboxylic acids is 1. The van der Waals surface area contributed by atoms with Crippen molar-refractivity contribution in [2.24, 2.45) is 12.8 Å². The van der Waals surface area contributed by atoms with Gasteiger partial charge in [-0.2, -0.15) is 5.10 Å². The van der Waals surface area contributed by atoms with Crippen LogP contribution in [0.3, 0.4) is 0 Å². The molecule has 6 nitrogen and oxygen atoms in total. The van der Waals surface area contributed by atoms with Crippen molar-refractivity contribution in [2.45, 2.75) is 26.4 Å². The fraction of sp³-hybridized carbons (Fsp3) is 0.375. The zero-order chi connectivity index (χ0) is 16.1. The van der Waals surface area contributed by atoms with Gasteiger partial charge in [-0.15, -0.1) is 12.4 Å². The Morgan fingerprint density at radius 3 is 2.52 bits per heavy atom. The lowest BCUT2D eigenvalue weighted by atomic mass is 10.1. The molecule has 0 fully saturated rings. The van der Waals surface area contributed by atoms with E-state index in [1.165, 1.54) is 0 Å². The topological polar surface area (TPSA) is 82.2 Å². The average molecular weight is 339 g/mol. The van der Waals surface area contributed by atoms with Crippen LogP contribution >= 0.6 is 12.4 Å². The minimum Gasteiger partial charge on any atom is -0.481 e. The Labute approximate surface area is 142 Å². The van der Waals surface area contributed by atoms with Crippen LogP contribution in [-0.4, -0.2) is 22.8 Å². The highest BCUT2D eigenvalue weighted by molar-refractivity contribution is 5.94. The maximum atomic E-state index is 12.2. The Morgan fingerprint density at radius 2 is 2.00 bits per heavy atom. The minimum absolute atomic E-state index is 0. The number of benzene rings is 1. The normalized spacial score (nSPS) is 10.1. The summed E-state index contributed by atoms with van der Waals surface area (Å²) < 4.78 is 7.05. The predicted octanol–water partition coefficient (Wildman–Crippen LogP) is 1.80. The first-order chi connectivity index (χ1) is 10.6. The van der Waals surface area contributed by atoms with Crippen molar-refractivity contribution in [3.8, 4) is 5.88 Å². The van der Waals surface area contributed by atoms with Crippen LogP contribution in [0.15, 0.2) is 24.3 Å². The summed E-state index contributed by atoms with van der Waals surface area (Å²) >= 11 is 0. The molecule has 0 atom stereocenters. The van der Waals surface area contributed by atoms with E-state index in [2.05, 4.69) is 10.4 Å². The fourth-order valence-corrected chi connectivity index (χ4v) is 2.39. The van der Waals surface area contributed by atoms with Crippen LogP contribution in [-0.2, 0) is 26.6 Å². The lowest BCUT2D eigenvalue weighted by molar-refractivity contribution is 0.0950. The molecule has 2 rings (SSSR count). The number of carbonyl (C=O) groups is 1. The molecule has 1 aromatic carbocycles. The van der Waals surface area contributed by atoms with E-state index in [0.717, 1.165) is 23.2 Å². The molecular weight excluding hydrogens is 316 g/mol. The van der Waals surface area contributed by atoms with Crippen molar-refractivity contribution in [2.75, 3.05) is 7.11 Å². The molecule has 3 N–H and O–H groups in total. The number of nitrogens with two attached hydrogens (primary N) is 1. The van der Waals surface area contributed by atoms with Gasteiger partial charge in [-0.1, -0.05) is 19.1 Å². The largest absolute Gasteiger partial charge is 0.481 e. The van der Waals surface area contributed by atoms with Gasteiger partial charge in [0.25, 0.3) is 5.91 Å². The number of nitrogens with zero attached hydrogens (tertiary/aromatic N) is 2. The van der Waals surface area contributed by atoms with Crippen LogP contribution < -0.4 is 15.8 Å². The Bertz CT molecular complexity index is 653. The summed E-state index contributed by atoms with van der Waals surface area (Å²) in [5, 5.41) is 7.31. The summed E-state index contributed by atoms with van der Waals surface area (Å²) in [5.41, 5.74) is 9.01. The molecule has 7 heteroatoms. The molecule has 1 aromatic heterocycles. The molecule has 0 aliphatic rings. The predicted molar refractivity (Wildman–Crippen MR) is 91.9 cm³/mol. The maximum Gasteiger partial charge on any atom is 0.251 e. The molecule has 0 spiro atoms. The summed E-state index contributed by atoms with van der Waals surface area (Å²) in [7, 11) is 3.43. The number of ether oxygens (including phenoxy) is 1. The zero-order valence-corrected chi connectivity index (χ0v) is 14.4. The highest BCUT2D eigenvalue weighted by atomic mass is 35.5. The van der Waals surface area contributed by atoms with Gasteiger partial charge < -0.3 is 15.8 Å². The molecule has 0 saturated heterocycles. The molecule has 0 aliphatic heterocycles. The lowest BCUT2D eigenvalue weighted by Gasteiger charge is -2.08.